The molecule has 40 heavy (non-hydrogen) atoms. The van der Waals surface area contributed by atoms with E-state index in [1.54, 1.807) is 48.5 Å². The van der Waals surface area contributed by atoms with Crippen molar-refractivity contribution in [2.75, 3.05) is 0 Å². The normalized spacial score (nSPS) is 10.9. The van der Waals surface area contributed by atoms with Crippen LogP contribution in [0.1, 0.15) is 22.3 Å². The van der Waals surface area contributed by atoms with Gasteiger partial charge in [0, 0.05) is 21.5 Å². The van der Waals surface area contributed by atoms with Crippen LogP contribution < -0.4 is 0 Å². The Labute approximate surface area is 225 Å². The molecule has 182 valence electrons. The number of aromatic nitrogens is 6. The average Bonchev–Trinajstić information content (AvgIpc) is 3.64. The Bertz CT molecular complexity index is 2200. The van der Waals surface area contributed by atoms with Gasteiger partial charge in [-0.3, -0.25) is 0 Å². The van der Waals surface area contributed by atoms with Gasteiger partial charge in [0.15, 0.2) is 0 Å². The summed E-state index contributed by atoms with van der Waals surface area (Å²) < 4.78 is 3.07. The smallest absolute Gasteiger partial charge is 0.133 e. The number of hydrogen-bond donors (Lipinski definition) is 0. The van der Waals surface area contributed by atoms with Crippen LogP contribution in [-0.2, 0) is 0 Å². The minimum absolute atomic E-state index is 0.346. The van der Waals surface area contributed by atoms with Gasteiger partial charge in [0.25, 0.3) is 0 Å². The molecule has 7 aromatic rings. The molecular weight excluding hydrogens is 500 g/mol. The fourth-order valence-electron chi connectivity index (χ4n) is 5.25. The second-order valence-corrected chi connectivity index (χ2v) is 8.95. The summed E-state index contributed by atoms with van der Waals surface area (Å²) in [5, 5.41) is 59.5. The van der Waals surface area contributed by atoms with Crippen LogP contribution in [0, 0.1) is 45.3 Å². The minimum atomic E-state index is 0.346. The molecular formula is C30H12N10. The Kier molecular flexibility index (Phi) is 4.77. The topological polar surface area (TPSA) is 157 Å². The van der Waals surface area contributed by atoms with Gasteiger partial charge >= 0.3 is 0 Å². The van der Waals surface area contributed by atoms with Crippen LogP contribution in [0.3, 0.4) is 0 Å². The Hall–Kier alpha value is -6.62. The summed E-state index contributed by atoms with van der Waals surface area (Å²) in [6, 6.07) is 30.5. The standard InChI is InChI=1S/C30H12N10/c31-13-23-19-5-1-3-7-21(19)25(15-33)29-27(23)35-37-39(29)17-9-11-18(12-10-17)40-30-26(16-34)22-8-4-2-6-20(22)24(14-32)28(30)36-38-40/h1-12H. The van der Waals surface area contributed by atoms with Gasteiger partial charge < -0.3 is 0 Å². The average molecular weight is 512 g/mol. The van der Waals surface area contributed by atoms with Gasteiger partial charge in [0.2, 0.25) is 0 Å². The van der Waals surface area contributed by atoms with E-state index in [1.807, 2.05) is 24.3 Å². The van der Waals surface area contributed by atoms with E-state index in [0.717, 1.165) is 0 Å². The fraction of sp³-hybridized carbons (Fsp3) is 0. The van der Waals surface area contributed by atoms with E-state index in [0.29, 0.717) is 77.2 Å². The van der Waals surface area contributed by atoms with Crippen molar-refractivity contribution in [3.63, 3.8) is 0 Å². The maximum Gasteiger partial charge on any atom is 0.133 e. The summed E-state index contributed by atoms with van der Waals surface area (Å²) in [6.07, 6.45) is 0. The van der Waals surface area contributed by atoms with Crippen molar-refractivity contribution in [1.82, 2.24) is 30.0 Å². The highest BCUT2D eigenvalue weighted by Crippen LogP contribution is 2.34. The van der Waals surface area contributed by atoms with Gasteiger partial charge in [0.05, 0.1) is 33.6 Å². The molecule has 0 saturated heterocycles. The molecule has 0 radical (unpaired) electrons. The molecule has 0 atom stereocenters. The van der Waals surface area contributed by atoms with Gasteiger partial charge in [-0.15, -0.1) is 10.2 Å². The monoisotopic (exact) mass is 512 g/mol. The number of rotatable bonds is 2. The van der Waals surface area contributed by atoms with Crippen molar-refractivity contribution >= 4 is 43.6 Å². The number of fused-ring (bicyclic) bond motifs is 4. The number of nitriles is 4. The predicted molar refractivity (Wildman–Crippen MR) is 145 cm³/mol. The van der Waals surface area contributed by atoms with Gasteiger partial charge in [-0.2, -0.15) is 21.0 Å². The first kappa shape index (κ1) is 22.6. The van der Waals surface area contributed by atoms with E-state index >= 15 is 0 Å². The SMILES string of the molecule is N#Cc1c2ccccc2c(C#N)c2c1nnn2-c1ccc(-n2nnc3c(C#N)c4ccccc4c(C#N)c32)cc1. The second kappa shape index (κ2) is 8.46. The molecule has 0 N–H and O–H groups in total. The number of hydrogen-bond acceptors (Lipinski definition) is 8. The number of nitrogens with zero attached hydrogens (tertiary/aromatic N) is 10. The summed E-state index contributed by atoms with van der Waals surface area (Å²) in [5.74, 6) is 0. The zero-order valence-corrected chi connectivity index (χ0v) is 20.4. The lowest BCUT2D eigenvalue weighted by atomic mass is 9.98. The molecule has 2 aromatic heterocycles. The first-order valence-corrected chi connectivity index (χ1v) is 12.0. The number of benzene rings is 5. The molecule has 10 heteroatoms. The summed E-state index contributed by atoms with van der Waals surface area (Å²) >= 11 is 0. The molecule has 5 aromatic carbocycles. The highest BCUT2D eigenvalue weighted by Gasteiger charge is 2.22. The molecule has 10 nitrogen and oxygen atoms in total. The predicted octanol–water partition coefficient (Wildman–Crippen LogP) is 4.95. The third-order valence-corrected chi connectivity index (χ3v) is 7.01. The van der Waals surface area contributed by atoms with Crippen LogP contribution in [0.5, 0.6) is 0 Å². The van der Waals surface area contributed by atoms with Crippen LogP contribution in [0.4, 0.5) is 0 Å². The largest absolute Gasteiger partial charge is 0.211 e. The van der Waals surface area contributed by atoms with E-state index in [1.165, 1.54) is 9.36 Å². The van der Waals surface area contributed by atoms with Crippen LogP contribution in [0.2, 0.25) is 0 Å². The van der Waals surface area contributed by atoms with E-state index in [-0.39, 0.29) is 0 Å². The van der Waals surface area contributed by atoms with Crippen molar-refractivity contribution in [1.29, 1.82) is 21.0 Å². The Morgan fingerprint density at radius 1 is 0.450 bits per heavy atom. The van der Waals surface area contributed by atoms with Gasteiger partial charge in [-0.05, 0) is 24.3 Å². The maximum absolute atomic E-state index is 10.1. The van der Waals surface area contributed by atoms with E-state index in [9.17, 15) is 21.0 Å². The summed E-state index contributed by atoms with van der Waals surface area (Å²) in [4.78, 5) is 0. The summed E-state index contributed by atoms with van der Waals surface area (Å²) in [7, 11) is 0. The summed E-state index contributed by atoms with van der Waals surface area (Å²) in [5.41, 5.74) is 4.23. The quantitative estimate of drug-likeness (QED) is 0.315. The third-order valence-electron chi connectivity index (χ3n) is 7.01. The van der Waals surface area contributed by atoms with Crippen LogP contribution in [-0.4, -0.2) is 30.0 Å². The van der Waals surface area contributed by atoms with Crippen LogP contribution in [0.15, 0.2) is 72.8 Å². The molecule has 2 heterocycles. The molecule has 0 amide bonds. The first-order valence-electron chi connectivity index (χ1n) is 12.0. The molecule has 0 unspecified atom stereocenters. The minimum Gasteiger partial charge on any atom is -0.211 e. The van der Waals surface area contributed by atoms with Crippen molar-refractivity contribution in [2.24, 2.45) is 0 Å². The lowest BCUT2D eigenvalue weighted by Gasteiger charge is -2.09. The zero-order chi connectivity index (χ0) is 27.4. The Morgan fingerprint density at radius 3 is 1.10 bits per heavy atom. The molecule has 0 aliphatic rings. The molecule has 0 aliphatic heterocycles. The molecule has 7 rings (SSSR count). The van der Waals surface area contributed by atoms with Gasteiger partial charge in [-0.1, -0.05) is 59.0 Å². The van der Waals surface area contributed by atoms with Gasteiger partial charge in [-0.25, -0.2) is 9.36 Å². The fourth-order valence-corrected chi connectivity index (χ4v) is 5.25. The second-order valence-electron chi connectivity index (χ2n) is 8.95. The maximum atomic E-state index is 10.1. The third kappa shape index (κ3) is 2.93. The Balaban J connectivity index is 1.44. The lowest BCUT2D eigenvalue weighted by molar-refractivity contribution is 0.812. The zero-order valence-electron chi connectivity index (χ0n) is 20.4. The first-order chi connectivity index (χ1) is 19.7. The van der Waals surface area contributed by atoms with Gasteiger partial charge in [0.1, 0.15) is 46.3 Å². The molecule has 0 aliphatic carbocycles. The molecule has 0 fully saturated rings. The van der Waals surface area contributed by atoms with E-state index in [2.05, 4.69) is 44.9 Å². The van der Waals surface area contributed by atoms with Crippen molar-refractivity contribution < 1.29 is 0 Å². The summed E-state index contributed by atoms with van der Waals surface area (Å²) in [6.45, 7) is 0. The lowest BCUT2D eigenvalue weighted by Crippen LogP contribution is -2.02. The van der Waals surface area contributed by atoms with Crippen LogP contribution >= 0.6 is 0 Å². The Morgan fingerprint density at radius 2 is 0.775 bits per heavy atom. The van der Waals surface area contributed by atoms with E-state index < -0.39 is 0 Å². The van der Waals surface area contributed by atoms with Crippen molar-refractivity contribution in [3.8, 4) is 35.7 Å². The van der Waals surface area contributed by atoms with Crippen LogP contribution in [0.25, 0.3) is 55.0 Å². The highest BCUT2D eigenvalue weighted by atomic mass is 15.4. The molecule has 0 bridgehead atoms. The molecule has 0 saturated carbocycles. The molecule has 0 spiro atoms. The highest BCUT2D eigenvalue weighted by molar-refractivity contribution is 6.08. The van der Waals surface area contributed by atoms with Crippen molar-refractivity contribution in [2.45, 2.75) is 0 Å². The van der Waals surface area contributed by atoms with E-state index in [4.69, 9.17) is 0 Å². The van der Waals surface area contributed by atoms with Crippen molar-refractivity contribution in [3.05, 3.63) is 95.1 Å².